The van der Waals surface area contributed by atoms with Crippen LogP contribution in [0.3, 0.4) is 0 Å². The molecule has 1 aliphatic heterocycles. The lowest BCUT2D eigenvalue weighted by Crippen LogP contribution is -2.42. The van der Waals surface area contributed by atoms with Crippen molar-refractivity contribution in [3.63, 3.8) is 0 Å². The van der Waals surface area contributed by atoms with Gasteiger partial charge in [-0.1, -0.05) is 12.1 Å². The number of fused-ring (bicyclic) bond motifs is 1. The first-order chi connectivity index (χ1) is 14.3. The predicted molar refractivity (Wildman–Crippen MR) is 104 cm³/mol. The lowest BCUT2D eigenvalue weighted by molar-refractivity contribution is -0.137. The molecule has 0 amide bonds. The minimum Gasteiger partial charge on any atom is -0.391 e. The number of aryl methyl sites for hydroxylation is 1. The van der Waals surface area contributed by atoms with Crippen molar-refractivity contribution < 1.29 is 23.0 Å². The van der Waals surface area contributed by atoms with Crippen LogP contribution in [-0.2, 0) is 18.0 Å². The van der Waals surface area contributed by atoms with Gasteiger partial charge in [0, 0.05) is 25.4 Å². The van der Waals surface area contributed by atoms with Crippen LogP contribution < -0.4 is 10.9 Å². The van der Waals surface area contributed by atoms with E-state index in [-0.39, 0.29) is 23.4 Å². The summed E-state index contributed by atoms with van der Waals surface area (Å²) < 4.78 is 45.3. The molecule has 158 valence electrons. The van der Waals surface area contributed by atoms with Crippen molar-refractivity contribution in [1.82, 2.24) is 14.5 Å². The molecule has 1 aliphatic rings. The molecule has 1 aromatic carbocycles. The van der Waals surface area contributed by atoms with E-state index >= 15 is 0 Å². The third-order valence-corrected chi connectivity index (χ3v) is 5.11. The van der Waals surface area contributed by atoms with E-state index in [0.717, 1.165) is 12.1 Å². The van der Waals surface area contributed by atoms with Crippen molar-refractivity contribution in [2.75, 3.05) is 18.5 Å². The molecule has 2 aromatic heterocycles. The number of anilines is 1. The first-order valence-corrected chi connectivity index (χ1v) is 9.30. The van der Waals surface area contributed by atoms with Crippen LogP contribution in [0.25, 0.3) is 22.0 Å². The van der Waals surface area contributed by atoms with Crippen LogP contribution in [0.5, 0.6) is 0 Å². The van der Waals surface area contributed by atoms with Gasteiger partial charge in [0.05, 0.1) is 36.2 Å². The van der Waals surface area contributed by atoms with Gasteiger partial charge in [-0.2, -0.15) is 13.2 Å². The number of aromatic nitrogens is 3. The highest BCUT2D eigenvalue weighted by molar-refractivity contribution is 5.98. The fraction of sp³-hybridized carbons (Fsp3) is 0.350. The third-order valence-electron chi connectivity index (χ3n) is 5.11. The summed E-state index contributed by atoms with van der Waals surface area (Å²) in [5.74, 6) is 0.240. The molecule has 0 radical (unpaired) electrons. The summed E-state index contributed by atoms with van der Waals surface area (Å²) in [5, 5.41) is 13.4. The third kappa shape index (κ3) is 3.75. The summed E-state index contributed by atoms with van der Waals surface area (Å²) in [6.45, 7) is 0.704. The van der Waals surface area contributed by atoms with Gasteiger partial charge in [-0.15, -0.1) is 0 Å². The fourth-order valence-corrected chi connectivity index (χ4v) is 3.41. The summed E-state index contributed by atoms with van der Waals surface area (Å²) in [5.41, 5.74) is 0.0600. The Bertz CT molecular complexity index is 1130. The molecule has 2 N–H and O–H groups in total. The molecule has 4 rings (SSSR count). The van der Waals surface area contributed by atoms with Crippen molar-refractivity contribution in [2.45, 2.75) is 24.7 Å². The van der Waals surface area contributed by atoms with Crippen molar-refractivity contribution >= 4 is 16.7 Å². The average molecular weight is 420 g/mol. The highest BCUT2D eigenvalue weighted by Crippen LogP contribution is 2.33. The normalized spacial score (nSPS) is 19.8. The number of alkyl halides is 3. The van der Waals surface area contributed by atoms with Crippen molar-refractivity contribution in [3.05, 3.63) is 52.7 Å². The Labute approximate surface area is 169 Å². The maximum atomic E-state index is 12.9. The number of rotatable bonds is 3. The number of aliphatic hydroxyl groups excluding tert-OH is 1. The number of hydrogen-bond donors (Lipinski definition) is 2. The van der Waals surface area contributed by atoms with Crippen LogP contribution in [0.4, 0.5) is 19.0 Å². The van der Waals surface area contributed by atoms with Gasteiger partial charge in [-0.05, 0) is 24.1 Å². The summed E-state index contributed by atoms with van der Waals surface area (Å²) in [6, 6.07) is 4.15. The molecule has 0 spiro atoms. The van der Waals surface area contributed by atoms with E-state index in [1.54, 1.807) is 7.05 Å². The van der Waals surface area contributed by atoms with E-state index in [0.29, 0.717) is 29.7 Å². The number of pyridine rings is 1. The molecule has 2 atom stereocenters. The highest BCUT2D eigenvalue weighted by atomic mass is 19.4. The van der Waals surface area contributed by atoms with Gasteiger partial charge < -0.3 is 19.7 Å². The molecule has 30 heavy (non-hydrogen) atoms. The van der Waals surface area contributed by atoms with Gasteiger partial charge in [0.1, 0.15) is 11.2 Å². The minimum absolute atomic E-state index is 0.190. The van der Waals surface area contributed by atoms with E-state index in [2.05, 4.69) is 15.3 Å². The smallest absolute Gasteiger partial charge is 0.391 e. The van der Waals surface area contributed by atoms with Gasteiger partial charge in [0.15, 0.2) is 0 Å². The second kappa shape index (κ2) is 7.69. The van der Waals surface area contributed by atoms with E-state index in [4.69, 9.17) is 4.74 Å². The van der Waals surface area contributed by atoms with Crippen LogP contribution >= 0.6 is 0 Å². The van der Waals surface area contributed by atoms with E-state index in [1.165, 1.54) is 29.2 Å². The number of nitrogens with one attached hydrogen (secondary N) is 1. The summed E-state index contributed by atoms with van der Waals surface area (Å²) in [6.07, 6.45) is -1.85. The predicted octanol–water partition coefficient (Wildman–Crippen LogP) is 2.58. The van der Waals surface area contributed by atoms with Gasteiger partial charge in [0.25, 0.3) is 5.56 Å². The molecular weight excluding hydrogens is 401 g/mol. The summed E-state index contributed by atoms with van der Waals surface area (Å²) in [4.78, 5) is 21.5. The Morgan fingerprint density at radius 2 is 1.97 bits per heavy atom. The minimum atomic E-state index is -4.44. The highest BCUT2D eigenvalue weighted by Gasteiger charge is 2.30. The molecule has 1 saturated heterocycles. The number of nitrogens with zero attached hydrogens (tertiary/aromatic N) is 3. The zero-order valence-corrected chi connectivity index (χ0v) is 16.0. The van der Waals surface area contributed by atoms with Crippen molar-refractivity contribution in [3.8, 4) is 11.1 Å². The van der Waals surface area contributed by atoms with Crippen LogP contribution in [-0.4, -0.2) is 45.0 Å². The molecule has 0 saturated carbocycles. The largest absolute Gasteiger partial charge is 0.416 e. The topological polar surface area (TPSA) is 89.3 Å². The van der Waals surface area contributed by atoms with Crippen LogP contribution in [0.1, 0.15) is 12.0 Å². The van der Waals surface area contributed by atoms with Crippen molar-refractivity contribution in [1.29, 1.82) is 0 Å². The van der Waals surface area contributed by atoms with E-state index < -0.39 is 23.9 Å². The van der Waals surface area contributed by atoms with Gasteiger partial charge in [-0.3, -0.25) is 4.79 Å². The van der Waals surface area contributed by atoms with Gasteiger partial charge in [0.2, 0.25) is 0 Å². The monoisotopic (exact) mass is 420 g/mol. The quantitative estimate of drug-likeness (QED) is 0.677. The summed E-state index contributed by atoms with van der Waals surface area (Å²) >= 11 is 0. The maximum absolute atomic E-state index is 12.9. The van der Waals surface area contributed by atoms with Crippen molar-refractivity contribution in [2.24, 2.45) is 7.05 Å². The lowest BCUT2D eigenvalue weighted by Gasteiger charge is -2.29. The molecule has 1 fully saturated rings. The first kappa shape index (κ1) is 20.3. The first-order valence-electron chi connectivity index (χ1n) is 9.30. The molecule has 3 heterocycles. The average Bonchev–Trinajstić information content (AvgIpc) is 2.72. The number of aliphatic hydroxyl groups is 1. The van der Waals surface area contributed by atoms with Crippen LogP contribution in [0.15, 0.2) is 41.6 Å². The van der Waals surface area contributed by atoms with Gasteiger partial charge in [-0.25, -0.2) is 9.97 Å². The lowest BCUT2D eigenvalue weighted by atomic mass is 10.0. The van der Waals surface area contributed by atoms with Gasteiger partial charge >= 0.3 is 6.18 Å². The number of hydrogen-bond acceptors (Lipinski definition) is 6. The SMILES string of the molecule is Cn1cnc2c(-c3ccc(C(F)(F)F)cc3)cnc(NC3COCCC3O)c2c1=O. The molecule has 10 heteroatoms. The molecular formula is C20H19F3N4O3. The number of ether oxygens (including phenoxy) is 1. The van der Waals surface area contributed by atoms with E-state index in [9.17, 15) is 23.1 Å². The molecule has 0 aliphatic carbocycles. The van der Waals surface area contributed by atoms with E-state index in [1.807, 2.05) is 0 Å². The second-order valence-corrected chi connectivity index (χ2v) is 7.16. The zero-order valence-electron chi connectivity index (χ0n) is 16.0. The Kier molecular flexibility index (Phi) is 5.20. The van der Waals surface area contributed by atoms with Crippen LogP contribution in [0.2, 0.25) is 0 Å². The van der Waals surface area contributed by atoms with Crippen LogP contribution in [0, 0.1) is 0 Å². The molecule has 0 bridgehead atoms. The number of halogens is 3. The second-order valence-electron chi connectivity index (χ2n) is 7.16. The molecule has 3 aromatic rings. The molecule has 2 unspecified atom stereocenters. The fourth-order valence-electron chi connectivity index (χ4n) is 3.41. The molecule has 7 nitrogen and oxygen atoms in total. The Morgan fingerprint density at radius 3 is 2.63 bits per heavy atom. The Morgan fingerprint density at radius 1 is 1.23 bits per heavy atom. The summed E-state index contributed by atoms with van der Waals surface area (Å²) in [7, 11) is 1.54. The Balaban J connectivity index is 1.81. The Hall–Kier alpha value is -2.98. The number of benzene rings is 1. The standard InChI is InChI=1S/C20H19F3N4O3/c1-27-10-25-17-13(11-2-4-12(5-3-11)20(21,22)23)8-24-18(16(17)19(27)29)26-14-9-30-7-6-15(14)28/h2-5,8,10,14-15,28H,6-7,9H2,1H3,(H,24,26). The zero-order chi connectivity index (χ0) is 21.5. The maximum Gasteiger partial charge on any atom is 0.416 e.